The van der Waals surface area contributed by atoms with E-state index in [1.54, 1.807) is 12.3 Å². The number of benzene rings is 2. The van der Waals surface area contributed by atoms with E-state index in [-0.39, 0.29) is 23.6 Å². The SMILES string of the molecule is CC(C)NC(=O)CSc1ccccc1C(=O)Nc1cccc2ncccc12. The van der Waals surface area contributed by atoms with Crippen LogP contribution in [0.5, 0.6) is 0 Å². The number of hydrogen-bond acceptors (Lipinski definition) is 4. The van der Waals surface area contributed by atoms with Gasteiger partial charge in [0.2, 0.25) is 5.91 Å². The molecule has 2 N–H and O–H groups in total. The Morgan fingerprint density at radius 3 is 2.67 bits per heavy atom. The number of carbonyl (C=O) groups excluding carboxylic acids is 2. The maximum absolute atomic E-state index is 12.9. The van der Waals surface area contributed by atoms with E-state index in [1.807, 2.05) is 62.4 Å². The van der Waals surface area contributed by atoms with Gasteiger partial charge in [-0.2, -0.15) is 0 Å². The number of nitrogens with zero attached hydrogens (tertiary/aromatic N) is 1. The van der Waals surface area contributed by atoms with Crippen LogP contribution in [0.25, 0.3) is 10.9 Å². The van der Waals surface area contributed by atoms with Gasteiger partial charge in [0.05, 0.1) is 22.5 Å². The van der Waals surface area contributed by atoms with Crippen LogP contribution in [0, 0.1) is 0 Å². The van der Waals surface area contributed by atoms with Crippen LogP contribution in [-0.2, 0) is 4.79 Å². The number of hydrogen-bond donors (Lipinski definition) is 2. The molecule has 0 spiro atoms. The minimum absolute atomic E-state index is 0.0506. The lowest BCUT2D eigenvalue weighted by atomic mass is 10.1. The van der Waals surface area contributed by atoms with Crippen molar-refractivity contribution in [3.63, 3.8) is 0 Å². The van der Waals surface area contributed by atoms with E-state index < -0.39 is 0 Å². The van der Waals surface area contributed by atoms with Gasteiger partial charge in [-0.3, -0.25) is 14.6 Å². The molecule has 3 rings (SSSR count). The summed E-state index contributed by atoms with van der Waals surface area (Å²) in [6.45, 7) is 3.84. The molecule has 0 saturated heterocycles. The fourth-order valence-electron chi connectivity index (χ4n) is 2.69. The highest BCUT2D eigenvalue weighted by atomic mass is 32.2. The highest BCUT2D eigenvalue weighted by molar-refractivity contribution is 8.00. The smallest absolute Gasteiger partial charge is 0.256 e. The summed E-state index contributed by atoms with van der Waals surface area (Å²) in [5, 5.41) is 6.71. The molecular formula is C21H21N3O2S. The largest absolute Gasteiger partial charge is 0.353 e. The minimum Gasteiger partial charge on any atom is -0.353 e. The topological polar surface area (TPSA) is 71.1 Å². The third-order valence-corrected chi connectivity index (χ3v) is 4.91. The molecule has 0 aliphatic carbocycles. The molecule has 0 fully saturated rings. The molecule has 1 heterocycles. The summed E-state index contributed by atoms with van der Waals surface area (Å²) in [4.78, 5) is 29.8. The Bertz CT molecular complexity index is 967. The molecule has 6 heteroatoms. The number of pyridine rings is 1. The van der Waals surface area contributed by atoms with E-state index in [2.05, 4.69) is 15.6 Å². The van der Waals surface area contributed by atoms with Gasteiger partial charge in [-0.05, 0) is 50.2 Å². The van der Waals surface area contributed by atoms with Gasteiger partial charge in [-0.1, -0.05) is 18.2 Å². The third kappa shape index (κ3) is 4.86. The van der Waals surface area contributed by atoms with Crippen molar-refractivity contribution in [2.75, 3.05) is 11.1 Å². The van der Waals surface area contributed by atoms with Crippen molar-refractivity contribution >= 4 is 40.2 Å². The van der Waals surface area contributed by atoms with Crippen molar-refractivity contribution in [2.24, 2.45) is 0 Å². The maximum Gasteiger partial charge on any atom is 0.256 e. The molecule has 1 aromatic heterocycles. The third-order valence-electron chi connectivity index (χ3n) is 3.83. The molecule has 0 bridgehead atoms. The Kier molecular flexibility index (Phi) is 6.08. The normalized spacial score (nSPS) is 10.8. The van der Waals surface area contributed by atoms with Crippen LogP contribution in [0.4, 0.5) is 5.69 Å². The van der Waals surface area contributed by atoms with Crippen LogP contribution in [0.1, 0.15) is 24.2 Å². The van der Waals surface area contributed by atoms with Crippen molar-refractivity contribution in [3.05, 3.63) is 66.4 Å². The van der Waals surface area contributed by atoms with Crippen molar-refractivity contribution in [1.82, 2.24) is 10.3 Å². The Labute approximate surface area is 162 Å². The van der Waals surface area contributed by atoms with Crippen LogP contribution < -0.4 is 10.6 Å². The summed E-state index contributed by atoms with van der Waals surface area (Å²) in [7, 11) is 0. The monoisotopic (exact) mass is 379 g/mol. The zero-order valence-corrected chi connectivity index (χ0v) is 16.0. The number of amides is 2. The molecule has 27 heavy (non-hydrogen) atoms. The molecule has 3 aromatic rings. The molecule has 2 amide bonds. The molecule has 2 aromatic carbocycles. The number of nitrogens with one attached hydrogen (secondary N) is 2. The van der Waals surface area contributed by atoms with Crippen LogP contribution in [0.2, 0.25) is 0 Å². The summed E-state index contributed by atoms with van der Waals surface area (Å²) in [6.07, 6.45) is 1.72. The summed E-state index contributed by atoms with van der Waals surface area (Å²) in [5.74, 6) is 0.00441. The number of rotatable bonds is 6. The number of aromatic nitrogens is 1. The Hall–Kier alpha value is -2.86. The first-order valence-corrected chi connectivity index (χ1v) is 9.69. The minimum atomic E-state index is -0.210. The lowest BCUT2D eigenvalue weighted by molar-refractivity contribution is -0.119. The first-order chi connectivity index (χ1) is 13.0. The summed E-state index contributed by atoms with van der Waals surface area (Å²) in [6, 6.07) is 16.8. The fourth-order valence-corrected chi connectivity index (χ4v) is 3.55. The Morgan fingerprint density at radius 2 is 1.85 bits per heavy atom. The second kappa shape index (κ2) is 8.68. The van der Waals surface area contributed by atoms with Crippen LogP contribution >= 0.6 is 11.8 Å². The summed E-state index contributed by atoms with van der Waals surface area (Å²) in [5.41, 5.74) is 2.08. The first-order valence-electron chi connectivity index (χ1n) is 8.71. The van der Waals surface area contributed by atoms with E-state index in [1.165, 1.54) is 11.8 Å². The summed E-state index contributed by atoms with van der Waals surface area (Å²) >= 11 is 1.35. The molecule has 0 aliphatic heterocycles. The zero-order chi connectivity index (χ0) is 19.2. The number of thioether (sulfide) groups is 1. The van der Waals surface area contributed by atoms with Gasteiger partial charge >= 0.3 is 0 Å². The predicted octanol–water partition coefficient (Wildman–Crippen LogP) is 4.10. The van der Waals surface area contributed by atoms with E-state index in [0.717, 1.165) is 15.8 Å². The van der Waals surface area contributed by atoms with E-state index in [9.17, 15) is 9.59 Å². The van der Waals surface area contributed by atoms with Crippen LogP contribution in [-0.4, -0.2) is 28.6 Å². The van der Waals surface area contributed by atoms with Crippen molar-refractivity contribution in [1.29, 1.82) is 0 Å². The number of fused-ring (bicyclic) bond motifs is 1. The number of carbonyl (C=O) groups is 2. The van der Waals surface area contributed by atoms with E-state index in [0.29, 0.717) is 11.3 Å². The van der Waals surface area contributed by atoms with E-state index >= 15 is 0 Å². The number of anilines is 1. The molecular weight excluding hydrogens is 358 g/mol. The van der Waals surface area contributed by atoms with Crippen molar-refractivity contribution in [2.45, 2.75) is 24.8 Å². The average molecular weight is 379 g/mol. The molecule has 0 atom stereocenters. The molecule has 5 nitrogen and oxygen atoms in total. The quantitative estimate of drug-likeness (QED) is 0.633. The van der Waals surface area contributed by atoms with Gasteiger partial charge in [-0.25, -0.2) is 0 Å². The predicted molar refractivity (Wildman–Crippen MR) is 110 cm³/mol. The highest BCUT2D eigenvalue weighted by Gasteiger charge is 2.14. The molecule has 138 valence electrons. The standard InChI is InChI=1S/C21H21N3O2S/c1-14(2)23-20(25)13-27-19-11-4-3-7-16(19)21(26)24-18-10-5-9-17-15(18)8-6-12-22-17/h3-12,14H,13H2,1-2H3,(H,23,25)(H,24,26). The van der Waals surface area contributed by atoms with Gasteiger partial charge in [-0.15, -0.1) is 11.8 Å². The average Bonchev–Trinajstić information content (AvgIpc) is 2.66. The second-order valence-electron chi connectivity index (χ2n) is 6.34. The Balaban J connectivity index is 1.78. The van der Waals surface area contributed by atoms with E-state index in [4.69, 9.17) is 0 Å². The summed E-state index contributed by atoms with van der Waals surface area (Å²) < 4.78 is 0. The van der Waals surface area contributed by atoms with Crippen molar-refractivity contribution in [3.8, 4) is 0 Å². The zero-order valence-electron chi connectivity index (χ0n) is 15.2. The second-order valence-corrected chi connectivity index (χ2v) is 7.35. The lowest BCUT2D eigenvalue weighted by Gasteiger charge is -2.12. The molecule has 0 radical (unpaired) electrons. The van der Waals surface area contributed by atoms with Crippen LogP contribution in [0.15, 0.2) is 65.7 Å². The van der Waals surface area contributed by atoms with Gasteiger partial charge in [0.1, 0.15) is 0 Å². The van der Waals surface area contributed by atoms with Gasteiger partial charge in [0.15, 0.2) is 0 Å². The lowest BCUT2D eigenvalue weighted by Crippen LogP contribution is -2.31. The maximum atomic E-state index is 12.9. The Morgan fingerprint density at radius 1 is 1.04 bits per heavy atom. The highest BCUT2D eigenvalue weighted by Crippen LogP contribution is 2.26. The van der Waals surface area contributed by atoms with Crippen LogP contribution in [0.3, 0.4) is 0 Å². The van der Waals surface area contributed by atoms with Crippen molar-refractivity contribution < 1.29 is 9.59 Å². The molecule has 0 aliphatic rings. The molecule has 0 unspecified atom stereocenters. The molecule has 0 saturated carbocycles. The van der Waals surface area contributed by atoms with Gasteiger partial charge < -0.3 is 10.6 Å². The van der Waals surface area contributed by atoms with Gasteiger partial charge in [0.25, 0.3) is 5.91 Å². The fraction of sp³-hybridized carbons (Fsp3) is 0.190. The first kappa shape index (κ1) is 18.9. The van der Waals surface area contributed by atoms with Gasteiger partial charge in [0, 0.05) is 22.5 Å².